The molecule has 0 saturated carbocycles. The molecule has 12 heteroatoms. The number of hydrogen-bond acceptors (Lipinski definition) is 8. The van der Waals surface area contributed by atoms with Crippen molar-refractivity contribution in [2.24, 2.45) is 9.98 Å². The van der Waals surface area contributed by atoms with E-state index in [2.05, 4.69) is 12.1 Å². The van der Waals surface area contributed by atoms with Gasteiger partial charge in [0.25, 0.3) is 11.8 Å². The largest absolute Gasteiger partial charge is 0.277 e. The lowest BCUT2D eigenvalue weighted by Gasteiger charge is -2.14. The lowest BCUT2D eigenvalue weighted by Crippen LogP contribution is -2.25. The van der Waals surface area contributed by atoms with E-state index in [1.165, 1.54) is 36.5 Å². The highest BCUT2D eigenvalue weighted by Gasteiger charge is 2.23. The Kier molecular flexibility index (Phi) is 11.8. The van der Waals surface area contributed by atoms with Crippen LogP contribution in [0.4, 0.5) is 15.8 Å². The van der Waals surface area contributed by atoms with E-state index in [0.29, 0.717) is 21.8 Å². The Morgan fingerprint density at radius 3 is 1.54 bits per heavy atom. The van der Waals surface area contributed by atoms with Gasteiger partial charge in [-0.15, -0.1) is 0 Å². The maximum Gasteiger partial charge on any atom is 0.277 e. The van der Waals surface area contributed by atoms with Crippen molar-refractivity contribution >= 4 is 69.7 Å². The van der Waals surface area contributed by atoms with Crippen molar-refractivity contribution in [3.8, 4) is 0 Å². The molecular formula is C44H34ClFN4O4S2. The Hall–Kier alpha value is -5.56. The van der Waals surface area contributed by atoms with E-state index in [-0.39, 0.29) is 17.6 Å². The van der Waals surface area contributed by atoms with Crippen molar-refractivity contribution in [1.82, 2.24) is 10.1 Å². The minimum atomic E-state index is -0.295. The van der Waals surface area contributed by atoms with Gasteiger partial charge >= 0.3 is 0 Å². The van der Waals surface area contributed by atoms with E-state index in [4.69, 9.17) is 31.3 Å². The summed E-state index contributed by atoms with van der Waals surface area (Å²) in [5.41, 5.74) is 7.75. The summed E-state index contributed by atoms with van der Waals surface area (Å²) in [4.78, 5) is 48.9. The predicted octanol–water partition coefficient (Wildman–Crippen LogP) is 10.7. The van der Waals surface area contributed by atoms with Gasteiger partial charge in [-0.3, -0.25) is 19.3 Å². The van der Waals surface area contributed by atoms with Crippen LogP contribution in [0.5, 0.6) is 0 Å². The number of carbonyl (C=O) groups excluding carboxylic acids is 2. The summed E-state index contributed by atoms with van der Waals surface area (Å²) in [7, 11) is 6.05. The van der Waals surface area contributed by atoms with Crippen LogP contribution in [-0.4, -0.2) is 61.7 Å². The molecule has 2 amide bonds. The predicted molar refractivity (Wildman–Crippen MR) is 221 cm³/mol. The summed E-state index contributed by atoms with van der Waals surface area (Å²) >= 11 is 9.46. The van der Waals surface area contributed by atoms with Gasteiger partial charge in [0.1, 0.15) is 5.82 Å². The van der Waals surface area contributed by atoms with Crippen molar-refractivity contribution in [2.45, 2.75) is 19.6 Å². The molecule has 0 radical (unpaired) electrons. The van der Waals surface area contributed by atoms with Crippen molar-refractivity contribution in [3.05, 3.63) is 178 Å². The number of rotatable bonds is 6. The van der Waals surface area contributed by atoms with Crippen LogP contribution in [0, 0.1) is 5.82 Å². The molecule has 0 N–H and O–H groups in total. The molecule has 6 aromatic carbocycles. The number of nitrogens with zero attached hydrogens (tertiary/aromatic N) is 4. The number of hydrogen-bond donors (Lipinski definition) is 0. The van der Waals surface area contributed by atoms with Gasteiger partial charge in [0.2, 0.25) is 0 Å². The molecule has 8 nitrogen and oxygen atoms in total. The van der Waals surface area contributed by atoms with E-state index >= 15 is 0 Å². The molecule has 0 aromatic heterocycles. The number of carbonyl (C=O) groups is 2. The van der Waals surface area contributed by atoms with Gasteiger partial charge in [-0.05, 0) is 84.9 Å². The zero-order valence-corrected chi connectivity index (χ0v) is 33.1. The Morgan fingerprint density at radius 1 is 0.571 bits per heavy atom. The number of fused-ring (bicyclic) bond motifs is 4. The van der Waals surface area contributed by atoms with Crippen LogP contribution in [0.15, 0.2) is 163 Å². The maximum atomic E-state index is 13.4. The van der Waals surface area contributed by atoms with Crippen LogP contribution >= 0.6 is 35.1 Å². The average molecular weight is 801 g/mol. The molecule has 0 bridgehead atoms. The summed E-state index contributed by atoms with van der Waals surface area (Å²) < 4.78 is 13.4. The van der Waals surface area contributed by atoms with Crippen LogP contribution < -0.4 is 0 Å². The first-order chi connectivity index (χ1) is 27.1. The van der Waals surface area contributed by atoms with Gasteiger partial charge in [-0.25, -0.2) is 24.5 Å². The summed E-state index contributed by atoms with van der Waals surface area (Å²) in [6, 6.07) is 41.0. The lowest BCUT2D eigenvalue weighted by atomic mass is 10.0. The number of aliphatic imine (C=N–C) groups is 2. The minimum absolute atomic E-state index is 0.225. The van der Waals surface area contributed by atoms with Crippen molar-refractivity contribution < 1.29 is 23.7 Å². The average Bonchev–Trinajstić information content (AvgIpc) is 3.50. The van der Waals surface area contributed by atoms with Gasteiger partial charge in [0.15, 0.2) is 0 Å². The molecule has 56 heavy (non-hydrogen) atoms. The normalized spacial score (nSPS) is 12.5. The maximum absolute atomic E-state index is 13.4. The van der Waals surface area contributed by atoms with Crippen LogP contribution in [-0.2, 0) is 9.68 Å². The van der Waals surface area contributed by atoms with Gasteiger partial charge in [-0.1, -0.05) is 83.7 Å². The second kappa shape index (κ2) is 17.1. The molecule has 6 aromatic rings. The molecule has 0 saturated heterocycles. The molecule has 0 spiro atoms. The number of amides is 2. The van der Waals surface area contributed by atoms with Crippen molar-refractivity contribution in [1.29, 1.82) is 0 Å². The van der Waals surface area contributed by atoms with E-state index < -0.39 is 0 Å². The van der Waals surface area contributed by atoms with Crippen molar-refractivity contribution in [2.75, 3.05) is 28.3 Å². The van der Waals surface area contributed by atoms with E-state index in [1.807, 2.05) is 72.8 Å². The smallest absolute Gasteiger partial charge is 0.274 e. The zero-order chi connectivity index (χ0) is 39.3. The fourth-order valence-electron chi connectivity index (χ4n) is 5.96. The van der Waals surface area contributed by atoms with E-state index in [0.717, 1.165) is 58.9 Å². The third-order valence-electron chi connectivity index (χ3n) is 8.94. The second-order valence-corrected chi connectivity index (χ2v) is 15.1. The summed E-state index contributed by atoms with van der Waals surface area (Å²) in [5, 5.41) is 3.02. The zero-order valence-electron chi connectivity index (χ0n) is 30.7. The molecular weight excluding hydrogens is 767 g/mol. The molecule has 8 rings (SSSR count). The number of halogens is 2. The fourth-order valence-corrected chi connectivity index (χ4v) is 8.16. The number of benzene rings is 6. The molecule has 2 aliphatic heterocycles. The third-order valence-corrected chi connectivity index (χ3v) is 11.5. The molecule has 0 atom stereocenters. The van der Waals surface area contributed by atoms with Gasteiger partial charge in [0.05, 0.1) is 37.0 Å². The molecule has 280 valence electrons. The Labute approximate surface area is 337 Å². The van der Waals surface area contributed by atoms with E-state index in [9.17, 15) is 14.0 Å². The second-order valence-electron chi connectivity index (χ2n) is 12.5. The quantitative estimate of drug-likeness (QED) is 0.156. The molecule has 0 aliphatic carbocycles. The van der Waals surface area contributed by atoms with Crippen LogP contribution in [0.2, 0.25) is 5.02 Å². The molecule has 2 heterocycles. The Morgan fingerprint density at radius 2 is 1.05 bits per heavy atom. The lowest BCUT2D eigenvalue weighted by molar-refractivity contribution is -0.0757. The Balaban J connectivity index is 0.000000172. The highest BCUT2D eigenvalue weighted by Crippen LogP contribution is 2.43. The topological polar surface area (TPSA) is 83.8 Å². The minimum Gasteiger partial charge on any atom is -0.274 e. The molecule has 0 unspecified atom stereocenters. The SMILES string of the molecule is CON(C)C(=O)c1ccc2c(c1)N=C(c1ccc(F)cc1)c1ccccc1S2.CON(C)C(=O)c1ccc2c(c1)N=C(c1cccc(Cl)c1)c1ccccc1S2. The van der Waals surface area contributed by atoms with Crippen molar-refractivity contribution in [3.63, 3.8) is 0 Å². The van der Waals surface area contributed by atoms with Crippen LogP contribution in [0.3, 0.4) is 0 Å². The highest BCUT2D eigenvalue weighted by molar-refractivity contribution is 7.99. The number of hydroxylamine groups is 4. The summed E-state index contributed by atoms with van der Waals surface area (Å²) in [6.07, 6.45) is 0. The van der Waals surface area contributed by atoms with Gasteiger partial charge in [-0.2, -0.15) is 0 Å². The third kappa shape index (κ3) is 8.32. The molecule has 2 aliphatic rings. The summed E-state index contributed by atoms with van der Waals surface area (Å²) in [6.45, 7) is 0. The highest BCUT2D eigenvalue weighted by atomic mass is 35.5. The van der Waals surface area contributed by atoms with Crippen LogP contribution in [0.25, 0.3) is 0 Å². The molecule has 0 fully saturated rings. The first kappa shape index (κ1) is 38.7. The van der Waals surface area contributed by atoms with Gasteiger partial charge < -0.3 is 0 Å². The van der Waals surface area contributed by atoms with Crippen LogP contribution in [0.1, 0.15) is 43.0 Å². The van der Waals surface area contributed by atoms with Gasteiger partial charge in [0, 0.05) is 72.1 Å². The standard InChI is InChI=1S/C22H17ClN2O2S.C22H17FN2O2S/c1-25(27-2)22(26)15-10-11-20-18(13-15)24-21(14-6-5-7-16(23)12-14)17-8-3-4-9-19(17)28-20;1-25(27-2)22(26)15-9-12-20-18(13-15)24-21(14-7-10-16(23)11-8-14)17-5-3-4-6-19(17)28-20/h2*3-13H,1-2H3. The first-order valence-corrected chi connectivity index (χ1v) is 19.3. The first-order valence-electron chi connectivity index (χ1n) is 17.3. The fraction of sp³-hybridized carbons (Fsp3) is 0.0909. The van der Waals surface area contributed by atoms with E-state index in [1.54, 1.807) is 74.0 Å². The monoisotopic (exact) mass is 800 g/mol. The summed E-state index contributed by atoms with van der Waals surface area (Å²) in [5.74, 6) is -0.774. The Bertz CT molecular complexity index is 2530.